The number of hydrogen-bond donors (Lipinski definition) is 1. The van der Waals surface area contributed by atoms with Crippen LogP contribution in [0.1, 0.15) is 47.9 Å². The first-order chi connectivity index (χ1) is 23.7. The highest BCUT2D eigenvalue weighted by molar-refractivity contribution is 7.92. The van der Waals surface area contributed by atoms with Crippen LogP contribution in [-0.2, 0) is 38.8 Å². The van der Waals surface area contributed by atoms with Crippen molar-refractivity contribution in [2.24, 2.45) is 0 Å². The van der Waals surface area contributed by atoms with Gasteiger partial charge in [0.25, 0.3) is 10.0 Å². The van der Waals surface area contributed by atoms with E-state index in [1.165, 1.54) is 17.0 Å². The number of alkyl halides is 3. The molecule has 1 saturated carbocycles. The maximum absolute atomic E-state index is 14.6. The van der Waals surface area contributed by atoms with E-state index >= 15 is 0 Å². The molecule has 7 nitrogen and oxygen atoms in total. The van der Waals surface area contributed by atoms with Crippen molar-refractivity contribution in [2.75, 3.05) is 10.8 Å². The number of benzene rings is 4. The summed E-state index contributed by atoms with van der Waals surface area (Å²) in [5, 5.41) is 2.76. The topological polar surface area (TPSA) is 86.8 Å². The molecule has 13 heteroatoms. The zero-order valence-corrected chi connectivity index (χ0v) is 29.5. The molecule has 1 atom stereocenters. The van der Waals surface area contributed by atoms with E-state index in [1.807, 2.05) is 18.2 Å². The van der Waals surface area contributed by atoms with Gasteiger partial charge in [-0.05, 0) is 67.3 Å². The minimum absolute atomic E-state index is 0.0828. The van der Waals surface area contributed by atoms with E-state index in [1.54, 1.807) is 55.5 Å². The van der Waals surface area contributed by atoms with Gasteiger partial charge in [0.2, 0.25) is 11.8 Å². The molecule has 2 amide bonds. The first-order valence-electron chi connectivity index (χ1n) is 16.1. The molecule has 0 aromatic heterocycles. The Labute approximate surface area is 300 Å². The lowest BCUT2D eigenvalue weighted by atomic mass is 10.0. The molecule has 1 fully saturated rings. The molecule has 0 bridgehead atoms. The quantitative estimate of drug-likeness (QED) is 0.158. The number of carbonyl (C=O) groups is 2. The summed E-state index contributed by atoms with van der Waals surface area (Å²) in [5.74, 6) is -1.26. The molecule has 1 aliphatic rings. The number of rotatable bonds is 12. The lowest BCUT2D eigenvalue weighted by Crippen LogP contribution is -2.54. The van der Waals surface area contributed by atoms with Gasteiger partial charge in [-0.1, -0.05) is 102 Å². The van der Waals surface area contributed by atoms with Crippen molar-refractivity contribution in [1.29, 1.82) is 0 Å². The fourth-order valence-electron chi connectivity index (χ4n) is 5.98. The second-order valence-electron chi connectivity index (χ2n) is 12.3. The van der Waals surface area contributed by atoms with Gasteiger partial charge >= 0.3 is 6.18 Å². The Morgan fingerprint density at radius 2 is 1.52 bits per heavy atom. The molecule has 0 saturated heterocycles. The maximum atomic E-state index is 14.6. The van der Waals surface area contributed by atoms with Crippen LogP contribution in [-0.4, -0.2) is 43.8 Å². The van der Waals surface area contributed by atoms with Crippen LogP contribution in [0.5, 0.6) is 0 Å². The number of anilines is 1. The Bertz CT molecular complexity index is 1920. The highest BCUT2D eigenvalue weighted by atomic mass is 35.5. The van der Waals surface area contributed by atoms with E-state index in [0.29, 0.717) is 21.0 Å². The van der Waals surface area contributed by atoms with E-state index in [9.17, 15) is 31.2 Å². The van der Waals surface area contributed by atoms with Gasteiger partial charge in [0.15, 0.2) is 0 Å². The molecule has 50 heavy (non-hydrogen) atoms. The first-order valence-corrected chi connectivity index (χ1v) is 18.3. The Hall–Kier alpha value is -4.06. The van der Waals surface area contributed by atoms with Crippen LogP contribution in [0.15, 0.2) is 102 Å². The van der Waals surface area contributed by atoms with Gasteiger partial charge in [-0.25, -0.2) is 8.42 Å². The third kappa shape index (κ3) is 8.99. The number of nitrogens with zero attached hydrogens (tertiary/aromatic N) is 2. The highest BCUT2D eigenvalue weighted by Gasteiger charge is 2.38. The number of aryl methyl sites for hydroxylation is 1. The maximum Gasteiger partial charge on any atom is 0.417 e. The molecule has 0 heterocycles. The highest BCUT2D eigenvalue weighted by Crippen LogP contribution is 2.38. The third-order valence-electron chi connectivity index (χ3n) is 8.70. The van der Waals surface area contributed by atoms with Gasteiger partial charge < -0.3 is 10.2 Å². The van der Waals surface area contributed by atoms with Crippen molar-refractivity contribution >= 4 is 50.7 Å². The van der Waals surface area contributed by atoms with Crippen molar-refractivity contribution in [3.05, 3.63) is 129 Å². The van der Waals surface area contributed by atoms with Crippen LogP contribution < -0.4 is 9.62 Å². The molecule has 4 aromatic rings. The summed E-state index contributed by atoms with van der Waals surface area (Å²) >= 11 is 12.4. The average Bonchev–Trinajstić information content (AvgIpc) is 3.59. The summed E-state index contributed by atoms with van der Waals surface area (Å²) < 4.78 is 71.1. The normalized spacial score (nSPS) is 14.3. The predicted octanol–water partition coefficient (Wildman–Crippen LogP) is 8.21. The molecule has 0 aliphatic heterocycles. The summed E-state index contributed by atoms with van der Waals surface area (Å²) in [6, 6.07) is 23.0. The Morgan fingerprint density at radius 3 is 2.16 bits per heavy atom. The second kappa shape index (κ2) is 15.9. The van der Waals surface area contributed by atoms with Gasteiger partial charge in [-0.3, -0.25) is 13.9 Å². The summed E-state index contributed by atoms with van der Waals surface area (Å²) in [7, 11) is -4.63. The Balaban J connectivity index is 1.62. The lowest BCUT2D eigenvalue weighted by Gasteiger charge is -2.34. The van der Waals surface area contributed by atoms with Crippen molar-refractivity contribution in [3.63, 3.8) is 0 Å². The van der Waals surface area contributed by atoms with Crippen molar-refractivity contribution < 1.29 is 31.2 Å². The summed E-state index contributed by atoms with van der Waals surface area (Å²) in [6.45, 7) is 0.644. The molecule has 1 unspecified atom stereocenters. The van der Waals surface area contributed by atoms with Crippen LogP contribution in [0.3, 0.4) is 0 Å². The predicted molar refractivity (Wildman–Crippen MR) is 188 cm³/mol. The number of halogens is 5. The Kier molecular flexibility index (Phi) is 11.8. The van der Waals surface area contributed by atoms with E-state index in [-0.39, 0.29) is 23.9 Å². The molecule has 5 rings (SSSR count). The molecular weight excluding hydrogens is 710 g/mol. The number of hydrogen-bond acceptors (Lipinski definition) is 4. The van der Waals surface area contributed by atoms with E-state index in [0.717, 1.165) is 48.9 Å². The largest absolute Gasteiger partial charge is 0.417 e. The lowest BCUT2D eigenvalue weighted by molar-refractivity contribution is -0.140. The number of sulfonamides is 1. The number of nitrogens with one attached hydrogen (secondary N) is 1. The van der Waals surface area contributed by atoms with Crippen molar-refractivity contribution in [1.82, 2.24) is 10.2 Å². The zero-order chi connectivity index (χ0) is 36.1. The first kappa shape index (κ1) is 37.2. The van der Waals surface area contributed by atoms with Crippen LogP contribution in [0.2, 0.25) is 10.0 Å². The zero-order valence-electron chi connectivity index (χ0n) is 27.2. The monoisotopic (exact) mass is 745 g/mol. The van der Waals surface area contributed by atoms with Crippen molar-refractivity contribution in [2.45, 2.75) is 68.7 Å². The van der Waals surface area contributed by atoms with Gasteiger partial charge in [-0.15, -0.1) is 0 Å². The molecule has 264 valence electrons. The second-order valence-corrected chi connectivity index (χ2v) is 15.0. The molecular formula is C37H36Cl2F3N3O4S. The number of amides is 2. The molecule has 0 radical (unpaired) electrons. The van der Waals surface area contributed by atoms with Gasteiger partial charge in [-0.2, -0.15) is 13.2 Å². The van der Waals surface area contributed by atoms with Crippen molar-refractivity contribution in [3.8, 4) is 0 Å². The minimum Gasteiger partial charge on any atom is -0.352 e. The van der Waals surface area contributed by atoms with Gasteiger partial charge in [0.1, 0.15) is 12.6 Å². The summed E-state index contributed by atoms with van der Waals surface area (Å²) in [6.07, 6.45) is -1.37. The minimum atomic E-state index is -4.91. The van der Waals surface area contributed by atoms with Crippen LogP contribution >= 0.6 is 23.2 Å². The molecule has 1 N–H and O–H groups in total. The smallest absolute Gasteiger partial charge is 0.352 e. The fraction of sp³-hybridized carbons (Fsp3) is 0.297. The van der Waals surface area contributed by atoms with E-state index < -0.39 is 56.9 Å². The van der Waals surface area contributed by atoms with Gasteiger partial charge in [0, 0.05) is 24.0 Å². The van der Waals surface area contributed by atoms with Crippen LogP contribution in [0.25, 0.3) is 0 Å². The summed E-state index contributed by atoms with van der Waals surface area (Å²) in [4.78, 5) is 29.8. The molecule has 0 spiro atoms. The molecule has 4 aromatic carbocycles. The van der Waals surface area contributed by atoms with Gasteiger partial charge in [0.05, 0.1) is 21.2 Å². The summed E-state index contributed by atoms with van der Waals surface area (Å²) in [5.41, 5.74) is 0.295. The molecule has 1 aliphatic carbocycles. The standard InChI is InChI=1S/C37H36Cl2F3N3O4S/c1-25-15-18-30(19-16-25)50(48,49)45(29-17-20-33(39)31(22-29)37(40,41)42)24-35(46)44(23-27-11-5-8-14-32(27)38)34(21-26-9-3-2-4-10-26)36(47)43-28-12-6-7-13-28/h2-5,8-11,14-20,22,28,34H,6-7,12-13,21,23-24H2,1H3,(H,43,47). The third-order valence-corrected chi connectivity index (χ3v) is 11.2. The fourth-order valence-corrected chi connectivity index (χ4v) is 7.81. The SMILES string of the molecule is Cc1ccc(S(=O)(=O)N(CC(=O)N(Cc2ccccc2Cl)C(Cc2ccccc2)C(=O)NC2CCCC2)c2ccc(Cl)c(C(F)(F)F)c2)cc1. The number of carbonyl (C=O) groups excluding carboxylic acids is 2. The van der Waals surface area contributed by atoms with Crippen LogP contribution in [0, 0.1) is 6.92 Å². The van der Waals surface area contributed by atoms with Crippen LogP contribution in [0.4, 0.5) is 18.9 Å². The Morgan fingerprint density at radius 1 is 0.880 bits per heavy atom. The van der Waals surface area contributed by atoms with E-state index in [2.05, 4.69) is 5.32 Å². The average molecular weight is 747 g/mol. The van der Waals surface area contributed by atoms with E-state index in [4.69, 9.17) is 23.2 Å².